The quantitative estimate of drug-likeness (QED) is 0.721. The highest BCUT2D eigenvalue weighted by molar-refractivity contribution is 8.18. The second-order valence-corrected chi connectivity index (χ2v) is 8.20. The number of carbonyl (C=O) groups is 1. The lowest BCUT2D eigenvalue weighted by Crippen LogP contribution is -2.47. The lowest BCUT2D eigenvalue weighted by atomic mass is 10.2. The molecular formula is C18H16ClN3OS2. The van der Waals surface area contributed by atoms with Gasteiger partial charge in [0, 0.05) is 41.8 Å². The summed E-state index contributed by atoms with van der Waals surface area (Å²) in [7, 11) is 0. The normalized spacial score (nSPS) is 19.6. The molecule has 0 unspecified atom stereocenters. The Balaban J connectivity index is 1.40. The van der Waals surface area contributed by atoms with E-state index in [9.17, 15) is 4.79 Å². The van der Waals surface area contributed by atoms with E-state index in [-0.39, 0.29) is 5.91 Å². The molecule has 1 aromatic carbocycles. The first-order valence-corrected chi connectivity index (χ1v) is 10.1. The molecular weight excluding hydrogens is 374 g/mol. The zero-order valence-corrected chi connectivity index (χ0v) is 15.8. The molecule has 2 aliphatic rings. The van der Waals surface area contributed by atoms with Gasteiger partial charge in [-0.1, -0.05) is 23.7 Å². The minimum absolute atomic E-state index is 0.134. The zero-order valence-electron chi connectivity index (χ0n) is 13.4. The maximum absolute atomic E-state index is 12.2. The number of rotatable bonds is 2. The number of anilines is 1. The Kier molecular flexibility index (Phi) is 4.83. The van der Waals surface area contributed by atoms with Crippen molar-refractivity contribution in [3.05, 3.63) is 56.6 Å². The second kappa shape index (κ2) is 7.23. The van der Waals surface area contributed by atoms with Crippen molar-refractivity contribution in [1.82, 2.24) is 4.90 Å². The van der Waals surface area contributed by atoms with Gasteiger partial charge in [0.1, 0.15) is 0 Å². The zero-order chi connectivity index (χ0) is 17.2. The van der Waals surface area contributed by atoms with Crippen LogP contribution in [0.4, 0.5) is 5.69 Å². The third-order valence-corrected chi connectivity index (χ3v) is 6.25. The second-order valence-electron chi connectivity index (χ2n) is 5.78. The predicted molar refractivity (Wildman–Crippen MR) is 108 cm³/mol. The van der Waals surface area contributed by atoms with E-state index in [0.717, 1.165) is 46.9 Å². The Bertz CT molecular complexity index is 840. The molecule has 2 aromatic rings. The molecule has 4 nitrogen and oxygen atoms in total. The number of amides is 1. The van der Waals surface area contributed by atoms with Crippen molar-refractivity contribution in [2.45, 2.75) is 0 Å². The number of thiophene rings is 1. The van der Waals surface area contributed by atoms with Gasteiger partial charge in [0.25, 0.3) is 5.91 Å². The van der Waals surface area contributed by atoms with Crippen LogP contribution in [0.25, 0.3) is 6.08 Å². The molecule has 0 spiro atoms. The minimum Gasteiger partial charge on any atom is -0.368 e. The van der Waals surface area contributed by atoms with Crippen LogP contribution in [0.1, 0.15) is 4.88 Å². The first kappa shape index (κ1) is 16.7. The minimum atomic E-state index is -0.134. The lowest BCUT2D eigenvalue weighted by Gasteiger charge is -2.36. The van der Waals surface area contributed by atoms with Crippen molar-refractivity contribution in [3.8, 4) is 0 Å². The number of thioether (sulfide) groups is 1. The molecule has 1 saturated heterocycles. The monoisotopic (exact) mass is 389 g/mol. The first-order valence-electron chi connectivity index (χ1n) is 8.00. The highest BCUT2D eigenvalue weighted by Gasteiger charge is 2.28. The molecule has 0 aliphatic carbocycles. The Morgan fingerprint density at radius 1 is 1.08 bits per heavy atom. The maximum Gasteiger partial charge on any atom is 0.286 e. The average Bonchev–Trinajstić information content (AvgIpc) is 3.26. The number of aliphatic imine (C=N–C) groups is 1. The molecule has 0 N–H and O–H groups in total. The number of hydrogen-bond donors (Lipinski definition) is 0. The number of halogens is 1. The number of benzene rings is 1. The summed E-state index contributed by atoms with van der Waals surface area (Å²) in [5.74, 6) is -0.134. The molecule has 0 bridgehead atoms. The highest BCUT2D eigenvalue weighted by Crippen LogP contribution is 2.32. The lowest BCUT2D eigenvalue weighted by molar-refractivity contribution is -0.113. The number of carbonyl (C=O) groups excluding carboxylic acids is 1. The Labute approximate surface area is 159 Å². The van der Waals surface area contributed by atoms with Gasteiger partial charge in [0.05, 0.1) is 4.91 Å². The fourth-order valence-corrected chi connectivity index (χ4v) is 4.74. The molecule has 25 heavy (non-hydrogen) atoms. The third-order valence-electron chi connectivity index (χ3n) is 4.15. The van der Waals surface area contributed by atoms with E-state index in [1.165, 1.54) is 11.8 Å². The first-order chi connectivity index (χ1) is 12.2. The summed E-state index contributed by atoms with van der Waals surface area (Å²) >= 11 is 9.19. The van der Waals surface area contributed by atoms with Gasteiger partial charge in [-0.15, -0.1) is 11.3 Å². The van der Waals surface area contributed by atoms with Gasteiger partial charge in [-0.3, -0.25) is 4.79 Å². The summed E-state index contributed by atoms with van der Waals surface area (Å²) in [6, 6.07) is 11.9. The van der Waals surface area contributed by atoms with Crippen LogP contribution < -0.4 is 4.90 Å². The molecule has 0 radical (unpaired) electrons. The molecule has 1 fully saturated rings. The van der Waals surface area contributed by atoms with Gasteiger partial charge in [-0.25, -0.2) is 0 Å². The van der Waals surface area contributed by atoms with Gasteiger partial charge < -0.3 is 9.80 Å². The molecule has 3 heterocycles. The van der Waals surface area contributed by atoms with E-state index in [4.69, 9.17) is 11.6 Å². The van der Waals surface area contributed by atoms with Crippen LogP contribution in [-0.4, -0.2) is 42.2 Å². The topological polar surface area (TPSA) is 35.9 Å². The van der Waals surface area contributed by atoms with E-state index in [2.05, 4.69) is 20.9 Å². The number of hydrogen-bond acceptors (Lipinski definition) is 5. The molecule has 2 aliphatic heterocycles. The van der Waals surface area contributed by atoms with E-state index in [0.29, 0.717) is 4.91 Å². The van der Waals surface area contributed by atoms with Gasteiger partial charge in [-0.2, -0.15) is 4.99 Å². The fraction of sp³-hybridized carbons (Fsp3) is 0.222. The largest absolute Gasteiger partial charge is 0.368 e. The molecule has 128 valence electrons. The number of amidine groups is 1. The van der Waals surface area contributed by atoms with Crippen molar-refractivity contribution in [2.24, 2.45) is 4.99 Å². The van der Waals surface area contributed by atoms with Gasteiger partial charge in [0.2, 0.25) is 0 Å². The van der Waals surface area contributed by atoms with Gasteiger partial charge in [-0.05, 0) is 47.5 Å². The smallest absolute Gasteiger partial charge is 0.286 e. The van der Waals surface area contributed by atoms with E-state index >= 15 is 0 Å². The standard InChI is InChI=1S/C18H16ClN3OS2/c19-13-3-1-4-14(11-13)21-6-8-22(9-7-21)18-20-17(23)16(25-18)12-15-5-2-10-24-15/h1-5,10-12H,6-9H2/b16-12+. The maximum atomic E-state index is 12.2. The van der Waals surface area contributed by atoms with Crippen LogP contribution in [0.15, 0.2) is 51.7 Å². The van der Waals surface area contributed by atoms with Crippen molar-refractivity contribution in [1.29, 1.82) is 0 Å². The Morgan fingerprint density at radius 3 is 2.60 bits per heavy atom. The predicted octanol–water partition coefficient (Wildman–Crippen LogP) is 4.19. The molecule has 0 atom stereocenters. The van der Waals surface area contributed by atoms with Crippen LogP contribution in [0.2, 0.25) is 5.02 Å². The summed E-state index contributed by atoms with van der Waals surface area (Å²) in [6.07, 6.45) is 1.93. The molecule has 1 amide bonds. The number of nitrogens with zero attached hydrogens (tertiary/aromatic N) is 3. The highest BCUT2D eigenvalue weighted by atomic mass is 35.5. The van der Waals surface area contributed by atoms with Crippen molar-refractivity contribution in [3.63, 3.8) is 0 Å². The van der Waals surface area contributed by atoms with Crippen LogP contribution in [0, 0.1) is 0 Å². The molecule has 0 saturated carbocycles. The van der Waals surface area contributed by atoms with Crippen LogP contribution in [-0.2, 0) is 4.79 Å². The Morgan fingerprint density at radius 2 is 1.88 bits per heavy atom. The van der Waals surface area contributed by atoms with Crippen molar-refractivity contribution < 1.29 is 4.79 Å². The van der Waals surface area contributed by atoms with Crippen molar-refractivity contribution >= 4 is 57.5 Å². The third kappa shape index (κ3) is 3.76. The van der Waals surface area contributed by atoms with E-state index in [1.807, 2.05) is 41.8 Å². The Hall–Kier alpha value is -1.76. The fourth-order valence-electron chi connectivity index (χ4n) is 2.86. The summed E-state index contributed by atoms with van der Waals surface area (Å²) < 4.78 is 0. The van der Waals surface area contributed by atoms with Crippen LogP contribution in [0.3, 0.4) is 0 Å². The summed E-state index contributed by atoms with van der Waals surface area (Å²) in [4.78, 5) is 22.7. The summed E-state index contributed by atoms with van der Waals surface area (Å²) in [5.41, 5.74) is 1.14. The van der Waals surface area contributed by atoms with E-state index in [1.54, 1.807) is 11.3 Å². The number of piperazine rings is 1. The van der Waals surface area contributed by atoms with Crippen LogP contribution in [0.5, 0.6) is 0 Å². The van der Waals surface area contributed by atoms with Gasteiger partial charge in [0.15, 0.2) is 5.17 Å². The summed E-state index contributed by atoms with van der Waals surface area (Å²) in [5, 5.41) is 3.58. The molecule has 7 heteroatoms. The van der Waals surface area contributed by atoms with Gasteiger partial charge >= 0.3 is 0 Å². The summed E-state index contributed by atoms with van der Waals surface area (Å²) in [6.45, 7) is 3.46. The van der Waals surface area contributed by atoms with Crippen LogP contribution >= 0.6 is 34.7 Å². The molecule has 4 rings (SSSR count). The average molecular weight is 390 g/mol. The SMILES string of the molecule is O=C1N=C(N2CCN(c3cccc(Cl)c3)CC2)S/C1=C/c1cccs1. The molecule has 1 aromatic heterocycles. The van der Waals surface area contributed by atoms with E-state index < -0.39 is 0 Å². The van der Waals surface area contributed by atoms with Crippen molar-refractivity contribution in [2.75, 3.05) is 31.1 Å².